The lowest BCUT2D eigenvalue weighted by molar-refractivity contribution is -0.274. The third kappa shape index (κ3) is 5.02. The van der Waals surface area contributed by atoms with E-state index in [4.69, 9.17) is 0 Å². The Morgan fingerprint density at radius 2 is 2.06 bits per heavy atom. The van der Waals surface area contributed by atoms with E-state index in [2.05, 4.69) is 30.0 Å². The van der Waals surface area contributed by atoms with Gasteiger partial charge in [-0.2, -0.15) is 4.98 Å². The molecule has 0 fully saturated rings. The molecule has 3 aromatic heterocycles. The number of aromatic nitrogens is 6. The van der Waals surface area contributed by atoms with Crippen LogP contribution in [0.3, 0.4) is 0 Å². The number of ether oxygens (including phenoxy) is 1. The molecule has 3 heterocycles. The van der Waals surface area contributed by atoms with Crippen LogP contribution in [0.1, 0.15) is 12.0 Å². The minimum atomic E-state index is -4.84. The van der Waals surface area contributed by atoms with Gasteiger partial charge in [0.2, 0.25) is 5.95 Å². The van der Waals surface area contributed by atoms with Crippen LogP contribution in [-0.4, -0.2) is 42.0 Å². The molecule has 0 aliphatic rings. The summed E-state index contributed by atoms with van der Waals surface area (Å²) in [5.41, 5.74) is 0.335. The summed E-state index contributed by atoms with van der Waals surface area (Å²) in [6.07, 6.45) is 2.70. The number of para-hydroxylation sites is 1. The molecule has 4 rings (SSSR count). The van der Waals surface area contributed by atoms with Gasteiger partial charge in [-0.1, -0.05) is 18.2 Å². The van der Waals surface area contributed by atoms with Crippen LogP contribution in [0.4, 0.5) is 19.1 Å². The van der Waals surface area contributed by atoms with Crippen molar-refractivity contribution in [2.24, 2.45) is 0 Å². The molecule has 12 heteroatoms. The molecule has 0 atom stereocenters. The largest absolute Gasteiger partial charge is 0.573 e. The van der Waals surface area contributed by atoms with Crippen molar-refractivity contribution in [3.63, 3.8) is 0 Å². The van der Waals surface area contributed by atoms with Gasteiger partial charge in [-0.3, -0.25) is 4.57 Å². The van der Waals surface area contributed by atoms with Crippen molar-refractivity contribution in [2.75, 3.05) is 11.9 Å². The second-order valence-electron chi connectivity index (χ2n) is 6.68. The number of hydrogen-bond acceptors (Lipinski definition) is 6. The summed E-state index contributed by atoms with van der Waals surface area (Å²) in [5.74, 6) is -0.0612. The number of anilines is 1. The van der Waals surface area contributed by atoms with E-state index in [-0.39, 0.29) is 23.5 Å². The molecule has 0 aliphatic carbocycles. The summed E-state index contributed by atoms with van der Waals surface area (Å²) in [4.78, 5) is 27.5. The monoisotopic (exact) mass is 433 g/mol. The van der Waals surface area contributed by atoms with E-state index in [1.807, 2.05) is 10.8 Å². The minimum absolute atomic E-state index is 0.151. The van der Waals surface area contributed by atoms with Gasteiger partial charge in [0.1, 0.15) is 11.3 Å². The maximum atomic E-state index is 12.7. The standard InChI is InChI=1S/C19H18F3N7O2/c20-19(21,22)31-15-5-2-1-4-13(15)11-29-16-14(26-18(29)30)10-25-17(27-16)24-6-3-8-28-9-7-23-12-28/h1-2,4-5,7,9-10,12H,3,6,8,11H2,(H,26,30)(H,24,25,27). The topological polar surface area (TPSA) is 103 Å². The Hall–Kier alpha value is -3.83. The quantitative estimate of drug-likeness (QED) is 0.414. The first-order valence-corrected chi connectivity index (χ1v) is 9.38. The average molecular weight is 433 g/mol. The van der Waals surface area contributed by atoms with Gasteiger partial charge in [0.25, 0.3) is 0 Å². The fraction of sp³-hybridized carbons (Fsp3) is 0.263. The molecule has 0 amide bonds. The molecule has 0 bridgehead atoms. The highest BCUT2D eigenvalue weighted by atomic mass is 19.4. The Morgan fingerprint density at radius 1 is 1.23 bits per heavy atom. The third-order valence-electron chi connectivity index (χ3n) is 4.47. The van der Waals surface area contributed by atoms with Gasteiger partial charge in [0, 0.05) is 31.0 Å². The van der Waals surface area contributed by atoms with E-state index >= 15 is 0 Å². The molecule has 1 aromatic carbocycles. The molecule has 0 saturated heterocycles. The summed E-state index contributed by atoms with van der Waals surface area (Å²) in [5, 5.41) is 3.08. The van der Waals surface area contributed by atoms with Crippen LogP contribution in [0.2, 0.25) is 0 Å². The van der Waals surface area contributed by atoms with Crippen molar-refractivity contribution >= 4 is 17.1 Å². The third-order valence-corrected chi connectivity index (χ3v) is 4.47. The summed E-state index contributed by atoms with van der Waals surface area (Å²) in [6.45, 7) is 1.20. The SMILES string of the molecule is O=c1[nH]c2cnc(NCCCn3ccnc3)nc2n1Cc1ccccc1OC(F)(F)F. The number of benzene rings is 1. The van der Waals surface area contributed by atoms with Crippen LogP contribution < -0.4 is 15.7 Å². The van der Waals surface area contributed by atoms with Crippen molar-refractivity contribution in [1.29, 1.82) is 0 Å². The molecule has 4 aromatic rings. The van der Waals surface area contributed by atoms with Crippen LogP contribution in [0.5, 0.6) is 5.75 Å². The molecule has 0 spiro atoms. The number of aromatic amines is 1. The van der Waals surface area contributed by atoms with Crippen LogP contribution >= 0.6 is 0 Å². The Kier molecular flexibility index (Phi) is 5.60. The molecular weight excluding hydrogens is 415 g/mol. The Balaban J connectivity index is 1.52. The molecule has 2 N–H and O–H groups in total. The Morgan fingerprint density at radius 3 is 2.84 bits per heavy atom. The average Bonchev–Trinajstić information content (AvgIpc) is 3.34. The molecule has 0 aliphatic heterocycles. The van der Waals surface area contributed by atoms with Crippen molar-refractivity contribution in [2.45, 2.75) is 25.9 Å². The highest BCUT2D eigenvalue weighted by molar-refractivity contribution is 5.71. The number of nitrogens with zero attached hydrogens (tertiary/aromatic N) is 5. The fourth-order valence-electron chi connectivity index (χ4n) is 3.09. The lowest BCUT2D eigenvalue weighted by atomic mass is 10.2. The lowest BCUT2D eigenvalue weighted by Gasteiger charge is -2.13. The molecule has 9 nitrogen and oxygen atoms in total. The molecule has 162 valence electrons. The van der Waals surface area contributed by atoms with Crippen molar-refractivity contribution in [3.8, 4) is 5.75 Å². The number of fused-ring (bicyclic) bond motifs is 1. The van der Waals surface area contributed by atoms with Crippen molar-refractivity contribution in [3.05, 3.63) is 65.2 Å². The minimum Gasteiger partial charge on any atom is -0.405 e. The second-order valence-corrected chi connectivity index (χ2v) is 6.68. The van der Waals surface area contributed by atoms with Gasteiger partial charge in [-0.15, -0.1) is 13.2 Å². The second kappa shape index (κ2) is 8.50. The fourth-order valence-corrected chi connectivity index (χ4v) is 3.09. The highest BCUT2D eigenvalue weighted by Gasteiger charge is 2.32. The van der Waals surface area contributed by atoms with Gasteiger partial charge in [0.05, 0.1) is 19.1 Å². The number of halogens is 3. The number of hydrogen-bond donors (Lipinski definition) is 2. The Bertz CT molecular complexity index is 1220. The number of H-pyrrole nitrogens is 1. The van der Waals surface area contributed by atoms with Crippen LogP contribution in [0.25, 0.3) is 11.2 Å². The first-order valence-electron chi connectivity index (χ1n) is 9.38. The van der Waals surface area contributed by atoms with E-state index in [1.165, 1.54) is 29.0 Å². The number of aryl methyl sites for hydroxylation is 1. The van der Waals surface area contributed by atoms with Gasteiger partial charge < -0.3 is 19.6 Å². The van der Waals surface area contributed by atoms with E-state index in [1.54, 1.807) is 18.6 Å². The number of nitrogens with one attached hydrogen (secondary N) is 2. The molecule has 0 saturated carbocycles. The van der Waals surface area contributed by atoms with Crippen molar-refractivity contribution in [1.82, 2.24) is 29.1 Å². The number of alkyl halides is 3. The van der Waals surface area contributed by atoms with E-state index in [0.29, 0.717) is 18.0 Å². The zero-order chi connectivity index (χ0) is 21.8. The smallest absolute Gasteiger partial charge is 0.405 e. The van der Waals surface area contributed by atoms with E-state index in [9.17, 15) is 18.0 Å². The van der Waals surface area contributed by atoms with E-state index < -0.39 is 12.1 Å². The van der Waals surface area contributed by atoms with Crippen LogP contribution in [0, 0.1) is 0 Å². The molecule has 0 radical (unpaired) electrons. The Labute approximate surface area is 173 Å². The first-order chi connectivity index (χ1) is 14.9. The normalized spacial score (nSPS) is 11.7. The van der Waals surface area contributed by atoms with Crippen LogP contribution in [-0.2, 0) is 13.1 Å². The number of rotatable bonds is 8. The molecular formula is C19H18F3N7O2. The summed E-state index contributed by atoms with van der Waals surface area (Å²) >= 11 is 0. The van der Waals surface area contributed by atoms with E-state index in [0.717, 1.165) is 13.0 Å². The number of imidazole rings is 2. The van der Waals surface area contributed by atoms with Gasteiger partial charge in [-0.05, 0) is 12.5 Å². The van der Waals surface area contributed by atoms with Gasteiger partial charge >= 0.3 is 12.1 Å². The predicted molar refractivity (Wildman–Crippen MR) is 106 cm³/mol. The first kappa shape index (κ1) is 20.4. The predicted octanol–water partition coefficient (Wildman–Crippen LogP) is 2.77. The summed E-state index contributed by atoms with van der Waals surface area (Å²) in [6, 6.07) is 5.66. The molecule has 31 heavy (non-hydrogen) atoms. The maximum absolute atomic E-state index is 12.7. The summed E-state index contributed by atoms with van der Waals surface area (Å²) in [7, 11) is 0. The van der Waals surface area contributed by atoms with Gasteiger partial charge in [0.15, 0.2) is 5.65 Å². The summed E-state index contributed by atoms with van der Waals surface area (Å²) < 4.78 is 45.3. The highest BCUT2D eigenvalue weighted by Crippen LogP contribution is 2.27. The lowest BCUT2D eigenvalue weighted by Crippen LogP contribution is -2.21. The van der Waals surface area contributed by atoms with Crippen LogP contribution in [0.15, 0.2) is 54.0 Å². The zero-order valence-corrected chi connectivity index (χ0v) is 16.1. The molecule has 0 unspecified atom stereocenters. The van der Waals surface area contributed by atoms with Crippen molar-refractivity contribution < 1.29 is 17.9 Å². The zero-order valence-electron chi connectivity index (χ0n) is 16.1. The maximum Gasteiger partial charge on any atom is 0.573 e. The van der Waals surface area contributed by atoms with Gasteiger partial charge in [-0.25, -0.2) is 14.8 Å².